The van der Waals surface area contributed by atoms with Crippen molar-refractivity contribution < 1.29 is 14.3 Å². The number of benzene rings is 1. The van der Waals surface area contributed by atoms with Crippen LogP contribution in [0.1, 0.15) is 35.2 Å². The van der Waals surface area contributed by atoms with Crippen molar-refractivity contribution in [2.45, 2.75) is 31.8 Å². The van der Waals surface area contributed by atoms with Crippen LogP contribution < -0.4 is 10.6 Å². The van der Waals surface area contributed by atoms with Gasteiger partial charge in [-0.05, 0) is 37.0 Å². The summed E-state index contributed by atoms with van der Waals surface area (Å²) < 4.78 is 5.29. The summed E-state index contributed by atoms with van der Waals surface area (Å²) in [5, 5.41) is 6.03. The first-order valence-corrected chi connectivity index (χ1v) is 8.71. The molecule has 2 aliphatic heterocycles. The van der Waals surface area contributed by atoms with Gasteiger partial charge in [-0.3, -0.25) is 9.59 Å². The molecule has 3 rings (SSSR count). The van der Waals surface area contributed by atoms with Gasteiger partial charge in [-0.15, -0.1) is 12.4 Å². The molecular weight excluding hydrogens is 342 g/mol. The molecule has 0 saturated carbocycles. The predicted molar refractivity (Wildman–Crippen MR) is 97.9 cm³/mol. The number of nitrogens with zero attached hydrogens (tertiary/aromatic N) is 1. The molecule has 0 aliphatic carbocycles. The molecule has 0 spiro atoms. The van der Waals surface area contributed by atoms with Gasteiger partial charge >= 0.3 is 0 Å². The second kappa shape index (κ2) is 9.75. The van der Waals surface area contributed by atoms with E-state index < -0.39 is 0 Å². The number of halogens is 1. The van der Waals surface area contributed by atoms with Crippen molar-refractivity contribution in [3.8, 4) is 0 Å². The summed E-state index contributed by atoms with van der Waals surface area (Å²) in [6, 6.07) is 7.23. The third-order valence-corrected chi connectivity index (χ3v) is 4.55. The molecule has 0 radical (unpaired) electrons. The first kappa shape index (κ1) is 19.7. The Morgan fingerprint density at radius 1 is 1.16 bits per heavy atom. The van der Waals surface area contributed by atoms with Crippen LogP contribution in [0, 0.1) is 0 Å². The van der Waals surface area contributed by atoms with E-state index in [4.69, 9.17) is 4.74 Å². The third-order valence-electron chi connectivity index (χ3n) is 4.55. The Hall–Kier alpha value is -1.63. The SMILES string of the molecule is Cl.O=C(NCc1ccc(C(=O)N2CCCCC2)cc1)C1COCCN1. The molecule has 1 aromatic carbocycles. The lowest BCUT2D eigenvalue weighted by atomic mass is 10.1. The zero-order valence-electron chi connectivity index (χ0n) is 14.3. The summed E-state index contributed by atoms with van der Waals surface area (Å²) in [6.45, 7) is 3.92. The molecule has 2 amide bonds. The van der Waals surface area contributed by atoms with Crippen molar-refractivity contribution in [1.82, 2.24) is 15.5 Å². The van der Waals surface area contributed by atoms with Crippen LogP contribution in [-0.4, -0.2) is 55.6 Å². The minimum absolute atomic E-state index is 0. The number of ether oxygens (including phenoxy) is 1. The maximum atomic E-state index is 12.4. The van der Waals surface area contributed by atoms with E-state index in [1.165, 1.54) is 6.42 Å². The maximum Gasteiger partial charge on any atom is 0.253 e. The molecule has 2 aliphatic rings. The monoisotopic (exact) mass is 367 g/mol. The van der Waals surface area contributed by atoms with Gasteiger partial charge in [-0.1, -0.05) is 12.1 Å². The van der Waals surface area contributed by atoms with Gasteiger partial charge < -0.3 is 20.3 Å². The number of piperidine rings is 1. The van der Waals surface area contributed by atoms with E-state index in [1.807, 2.05) is 29.2 Å². The molecule has 6 nitrogen and oxygen atoms in total. The van der Waals surface area contributed by atoms with E-state index in [0.29, 0.717) is 31.9 Å². The number of carbonyl (C=O) groups excluding carboxylic acids is 2. The van der Waals surface area contributed by atoms with E-state index in [2.05, 4.69) is 10.6 Å². The van der Waals surface area contributed by atoms with Crippen LogP contribution in [0.3, 0.4) is 0 Å². The lowest BCUT2D eigenvalue weighted by Gasteiger charge is -2.26. The number of carbonyl (C=O) groups is 2. The van der Waals surface area contributed by atoms with Gasteiger partial charge in [0.15, 0.2) is 0 Å². The van der Waals surface area contributed by atoms with Crippen molar-refractivity contribution in [3.63, 3.8) is 0 Å². The first-order chi connectivity index (χ1) is 11.7. The van der Waals surface area contributed by atoms with Gasteiger partial charge in [-0.2, -0.15) is 0 Å². The van der Waals surface area contributed by atoms with Crippen LogP contribution in [-0.2, 0) is 16.1 Å². The summed E-state index contributed by atoms with van der Waals surface area (Å²) >= 11 is 0. The second-order valence-electron chi connectivity index (χ2n) is 6.35. The highest BCUT2D eigenvalue weighted by atomic mass is 35.5. The number of hydrogen-bond donors (Lipinski definition) is 2. The van der Waals surface area contributed by atoms with E-state index >= 15 is 0 Å². The fraction of sp³-hybridized carbons (Fsp3) is 0.556. The van der Waals surface area contributed by atoms with Crippen LogP contribution in [0.5, 0.6) is 0 Å². The van der Waals surface area contributed by atoms with Crippen LogP contribution in [0.25, 0.3) is 0 Å². The van der Waals surface area contributed by atoms with Gasteiger partial charge in [0.2, 0.25) is 5.91 Å². The lowest BCUT2D eigenvalue weighted by Crippen LogP contribution is -2.51. The van der Waals surface area contributed by atoms with Gasteiger partial charge in [0, 0.05) is 31.7 Å². The largest absolute Gasteiger partial charge is 0.378 e. The summed E-state index contributed by atoms with van der Waals surface area (Å²) in [5.41, 5.74) is 1.70. The highest BCUT2D eigenvalue weighted by Crippen LogP contribution is 2.14. The zero-order chi connectivity index (χ0) is 16.8. The van der Waals surface area contributed by atoms with Crippen molar-refractivity contribution in [1.29, 1.82) is 0 Å². The highest BCUT2D eigenvalue weighted by molar-refractivity contribution is 5.94. The fourth-order valence-corrected chi connectivity index (χ4v) is 3.09. The molecule has 0 aromatic heterocycles. The molecule has 0 bridgehead atoms. The molecule has 2 saturated heterocycles. The standard InChI is InChI=1S/C18H25N3O3.ClH/c22-17(16-13-24-11-8-19-16)20-12-14-4-6-15(7-5-14)18(23)21-9-2-1-3-10-21;/h4-7,16,19H,1-3,8-13H2,(H,20,22);1H. The summed E-state index contributed by atoms with van der Waals surface area (Å²) in [5.74, 6) is 0.0528. The highest BCUT2D eigenvalue weighted by Gasteiger charge is 2.21. The summed E-state index contributed by atoms with van der Waals surface area (Å²) in [6.07, 6.45) is 3.40. The molecule has 25 heavy (non-hydrogen) atoms. The average molecular weight is 368 g/mol. The predicted octanol–water partition coefficient (Wildman–Crippen LogP) is 1.34. The van der Waals surface area contributed by atoms with Gasteiger partial charge in [0.05, 0.1) is 13.2 Å². The molecule has 1 aromatic rings. The van der Waals surface area contributed by atoms with Gasteiger partial charge in [0.1, 0.15) is 6.04 Å². The average Bonchev–Trinajstić information content (AvgIpc) is 2.67. The lowest BCUT2D eigenvalue weighted by molar-refractivity contribution is -0.126. The van der Waals surface area contributed by atoms with Crippen LogP contribution in [0.15, 0.2) is 24.3 Å². The number of hydrogen-bond acceptors (Lipinski definition) is 4. The minimum atomic E-state index is -0.279. The Morgan fingerprint density at radius 2 is 1.88 bits per heavy atom. The van der Waals surface area contributed by atoms with E-state index in [9.17, 15) is 9.59 Å². The van der Waals surface area contributed by atoms with Crippen molar-refractivity contribution >= 4 is 24.2 Å². The molecule has 2 fully saturated rings. The van der Waals surface area contributed by atoms with Gasteiger partial charge in [-0.25, -0.2) is 0 Å². The number of amides is 2. The molecule has 7 heteroatoms. The first-order valence-electron chi connectivity index (χ1n) is 8.71. The third kappa shape index (κ3) is 5.42. The Balaban J connectivity index is 0.00000225. The molecule has 1 atom stereocenters. The minimum Gasteiger partial charge on any atom is -0.378 e. The van der Waals surface area contributed by atoms with E-state index in [1.54, 1.807) is 0 Å². The summed E-state index contributed by atoms with van der Waals surface area (Å²) in [4.78, 5) is 26.4. The number of likely N-dealkylation sites (tertiary alicyclic amines) is 1. The number of rotatable bonds is 4. The van der Waals surface area contributed by atoms with Crippen molar-refractivity contribution in [3.05, 3.63) is 35.4 Å². The van der Waals surface area contributed by atoms with Crippen molar-refractivity contribution in [2.75, 3.05) is 32.8 Å². The smallest absolute Gasteiger partial charge is 0.253 e. The Labute approximate surface area is 154 Å². The van der Waals surface area contributed by atoms with Crippen LogP contribution in [0.2, 0.25) is 0 Å². The quantitative estimate of drug-likeness (QED) is 0.842. The van der Waals surface area contributed by atoms with Crippen LogP contribution >= 0.6 is 12.4 Å². The molecule has 2 heterocycles. The normalized spacial score (nSPS) is 20.5. The second-order valence-corrected chi connectivity index (χ2v) is 6.35. The summed E-state index contributed by atoms with van der Waals surface area (Å²) in [7, 11) is 0. The van der Waals surface area contributed by atoms with Crippen molar-refractivity contribution in [2.24, 2.45) is 0 Å². The van der Waals surface area contributed by atoms with E-state index in [-0.39, 0.29) is 30.3 Å². The fourth-order valence-electron chi connectivity index (χ4n) is 3.09. The molecule has 1 unspecified atom stereocenters. The topological polar surface area (TPSA) is 70.7 Å². The Kier molecular flexibility index (Phi) is 7.68. The Bertz CT molecular complexity index is 567. The van der Waals surface area contributed by atoms with Gasteiger partial charge in [0.25, 0.3) is 5.91 Å². The zero-order valence-corrected chi connectivity index (χ0v) is 15.1. The maximum absolute atomic E-state index is 12.4. The van der Waals surface area contributed by atoms with Crippen LogP contribution in [0.4, 0.5) is 0 Å². The number of morpholine rings is 1. The molecule has 138 valence electrons. The Morgan fingerprint density at radius 3 is 2.52 bits per heavy atom. The molecule has 2 N–H and O–H groups in total. The molecular formula is C18H26ClN3O3. The number of nitrogens with one attached hydrogen (secondary N) is 2. The van der Waals surface area contributed by atoms with E-state index in [0.717, 1.165) is 31.5 Å².